The standard InChI is InChI=1S/C13H24O2/c14-10-9-12-7-4-8-13(15-12)11-5-2-1-3-6-11/h11-14H,1-10H2/t12-,13+/m0/s1. The van der Waals surface area contributed by atoms with Crippen LogP contribution in [0.25, 0.3) is 0 Å². The minimum Gasteiger partial charge on any atom is -0.396 e. The highest BCUT2D eigenvalue weighted by Crippen LogP contribution is 2.34. The lowest BCUT2D eigenvalue weighted by Crippen LogP contribution is -2.34. The van der Waals surface area contributed by atoms with Gasteiger partial charge in [0.25, 0.3) is 0 Å². The zero-order valence-electron chi connectivity index (χ0n) is 9.66. The summed E-state index contributed by atoms with van der Waals surface area (Å²) in [5, 5.41) is 8.94. The lowest BCUT2D eigenvalue weighted by Gasteiger charge is -2.36. The topological polar surface area (TPSA) is 29.5 Å². The molecule has 0 unspecified atom stereocenters. The van der Waals surface area contributed by atoms with Crippen molar-refractivity contribution < 1.29 is 9.84 Å². The lowest BCUT2D eigenvalue weighted by molar-refractivity contribution is -0.0900. The van der Waals surface area contributed by atoms with Crippen LogP contribution in [0.3, 0.4) is 0 Å². The van der Waals surface area contributed by atoms with E-state index in [0.717, 1.165) is 18.8 Å². The zero-order chi connectivity index (χ0) is 10.5. The third-order valence-electron chi connectivity index (χ3n) is 4.01. The first-order valence-corrected chi connectivity index (χ1v) is 6.66. The van der Waals surface area contributed by atoms with E-state index in [2.05, 4.69) is 0 Å². The van der Waals surface area contributed by atoms with Gasteiger partial charge >= 0.3 is 0 Å². The largest absolute Gasteiger partial charge is 0.396 e. The highest BCUT2D eigenvalue weighted by atomic mass is 16.5. The van der Waals surface area contributed by atoms with E-state index < -0.39 is 0 Å². The molecule has 88 valence electrons. The van der Waals surface area contributed by atoms with Gasteiger partial charge in [0, 0.05) is 6.61 Å². The van der Waals surface area contributed by atoms with Crippen molar-refractivity contribution in [1.82, 2.24) is 0 Å². The van der Waals surface area contributed by atoms with E-state index in [4.69, 9.17) is 9.84 Å². The summed E-state index contributed by atoms with van der Waals surface area (Å²) < 4.78 is 6.11. The minimum atomic E-state index is 0.280. The highest BCUT2D eigenvalue weighted by Gasteiger charge is 2.29. The summed E-state index contributed by atoms with van der Waals surface area (Å²) in [6.07, 6.45) is 12.4. The summed E-state index contributed by atoms with van der Waals surface area (Å²) in [7, 11) is 0. The Morgan fingerprint density at radius 3 is 2.47 bits per heavy atom. The summed E-state index contributed by atoms with van der Waals surface area (Å²) in [6.45, 7) is 0.280. The fraction of sp³-hybridized carbons (Fsp3) is 1.00. The van der Waals surface area contributed by atoms with Crippen LogP contribution in [0.2, 0.25) is 0 Å². The SMILES string of the molecule is OCC[C@@H]1CCC[C@H](C2CCCCC2)O1. The Balaban J connectivity index is 1.80. The first kappa shape index (κ1) is 11.4. The van der Waals surface area contributed by atoms with Gasteiger partial charge in [0.15, 0.2) is 0 Å². The maximum atomic E-state index is 8.94. The van der Waals surface area contributed by atoms with Gasteiger partial charge in [0.05, 0.1) is 12.2 Å². The van der Waals surface area contributed by atoms with Crippen molar-refractivity contribution >= 4 is 0 Å². The number of hydrogen-bond acceptors (Lipinski definition) is 2. The maximum absolute atomic E-state index is 8.94. The number of aliphatic hydroxyl groups excluding tert-OH is 1. The fourth-order valence-electron chi connectivity index (χ4n) is 3.14. The third-order valence-corrected chi connectivity index (χ3v) is 4.01. The van der Waals surface area contributed by atoms with Gasteiger partial charge < -0.3 is 9.84 Å². The smallest absolute Gasteiger partial charge is 0.0607 e. The molecule has 2 heteroatoms. The quantitative estimate of drug-likeness (QED) is 0.779. The van der Waals surface area contributed by atoms with Crippen molar-refractivity contribution in [3.63, 3.8) is 0 Å². The van der Waals surface area contributed by atoms with Gasteiger partial charge in [-0.1, -0.05) is 19.3 Å². The molecule has 0 amide bonds. The summed E-state index contributed by atoms with van der Waals surface area (Å²) in [4.78, 5) is 0. The molecule has 2 rings (SSSR count). The predicted molar refractivity (Wildman–Crippen MR) is 60.8 cm³/mol. The Morgan fingerprint density at radius 2 is 1.73 bits per heavy atom. The van der Waals surface area contributed by atoms with Crippen molar-refractivity contribution in [3.8, 4) is 0 Å². The van der Waals surface area contributed by atoms with E-state index in [9.17, 15) is 0 Å². The first-order valence-electron chi connectivity index (χ1n) is 6.66. The van der Waals surface area contributed by atoms with Gasteiger partial charge in [0.2, 0.25) is 0 Å². The first-order chi connectivity index (χ1) is 7.40. The molecule has 2 aliphatic rings. The van der Waals surface area contributed by atoms with Gasteiger partial charge in [0.1, 0.15) is 0 Å². The molecule has 1 aliphatic carbocycles. The lowest BCUT2D eigenvalue weighted by atomic mass is 9.82. The molecule has 15 heavy (non-hydrogen) atoms. The van der Waals surface area contributed by atoms with Crippen LogP contribution in [0.5, 0.6) is 0 Å². The second-order valence-corrected chi connectivity index (χ2v) is 5.14. The molecular formula is C13H24O2. The Hall–Kier alpha value is -0.0800. The van der Waals surface area contributed by atoms with E-state index in [0.29, 0.717) is 12.2 Å². The predicted octanol–water partition coefficient (Wildman–Crippen LogP) is 2.89. The van der Waals surface area contributed by atoms with Crippen LogP contribution in [-0.4, -0.2) is 23.9 Å². The second-order valence-electron chi connectivity index (χ2n) is 5.14. The number of ether oxygens (including phenoxy) is 1. The van der Waals surface area contributed by atoms with Crippen LogP contribution in [0.4, 0.5) is 0 Å². The van der Waals surface area contributed by atoms with Crippen molar-refractivity contribution in [3.05, 3.63) is 0 Å². The number of hydrogen-bond donors (Lipinski definition) is 1. The molecule has 2 atom stereocenters. The molecule has 0 radical (unpaired) electrons. The minimum absolute atomic E-state index is 0.280. The molecule has 2 fully saturated rings. The Labute approximate surface area is 93.0 Å². The molecule has 0 aromatic rings. The van der Waals surface area contributed by atoms with Crippen LogP contribution in [-0.2, 0) is 4.74 Å². The van der Waals surface area contributed by atoms with E-state index in [1.807, 2.05) is 0 Å². The van der Waals surface area contributed by atoms with Gasteiger partial charge in [-0.3, -0.25) is 0 Å². The Morgan fingerprint density at radius 1 is 0.933 bits per heavy atom. The third kappa shape index (κ3) is 3.18. The normalized spacial score (nSPS) is 34.2. The van der Waals surface area contributed by atoms with Crippen molar-refractivity contribution in [2.45, 2.75) is 70.0 Å². The van der Waals surface area contributed by atoms with E-state index in [1.165, 1.54) is 44.9 Å². The van der Waals surface area contributed by atoms with Crippen LogP contribution in [0, 0.1) is 5.92 Å². The number of aliphatic hydroxyl groups is 1. The molecule has 0 aromatic carbocycles. The van der Waals surface area contributed by atoms with Crippen molar-refractivity contribution in [1.29, 1.82) is 0 Å². The number of rotatable bonds is 3. The van der Waals surface area contributed by atoms with Crippen molar-refractivity contribution in [2.24, 2.45) is 5.92 Å². The van der Waals surface area contributed by atoms with Crippen LogP contribution < -0.4 is 0 Å². The highest BCUT2D eigenvalue weighted by molar-refractivity contribution is 4.79. The molecule has 1 heterocycles. The molecular weight excluding hydrogens is 188 g/mol. The van der Waals surface area contributed by atoms with Gasteiger partial charge in [-0.25, -0.2) is 0 Å². The maximum Gasteiger partial charge on any atom is 0.0607 e. The van der Waals surface area contributed by atoms with Crippen LogP contribution >= 0.6 is 0 Å². The molecule has 1 N–H and O–H groups in total. The van der Waals surface area contributed by atoms with Crippen LogP contribution in [0.1, 0.15) is 57.8 Å². The van der Waals surface area contributed by atoms with E-state index >= 15 is 0 Å². The summed E-state index contributed by atoms with van der Waals surface area (Å²) in [6, 6.07) is 0. The van der Waals surface area contributed by atoms with Gasteiger partial charge in [-0.05, 0) is 44.4 Å². The van der Waals surface area contributed by atoms with E-state index in [-0.39, 0.29) is 6.61 Å². The van der Waals surface area contributed by atoms with E-state index in [1.54, 1.807) is 0 Å². The fourth-order valence-corrected chi connectivity index (χ4v) is 3.14. The molecule has 0 bridgehead atoms. The molecule has 1 saturated carbocycles. The molecule has 0 spiro atoms. The molecule has 1 aliphatic heterocycles. The van der Waals surface area contributed by atoms with Crippen molar-refractivity contribution in [2.75, 3.05) is 6.61 Å². The van der Waals surface area contributed by atoms with Crippen LogP contribution in [0.15, 0.2) is 0 Å². The molecule has 1 saturated heterocycles. The monoisotopic (exact) mass is 212 g/mol. The summed E-state index contributed by atoms with van der Waals surface area (Å²) in [5.74, 6) is 0.820. The second kappa shape index (κ2) is 5.86. The van der Waals surface area contributed by atoms with Gasteiger partial charge in [-0.2, -0.15) is 0 Å². The Kier molecular flexibility index (Phi) is 4.45. The molecule has 0 aromatic heterocycles. The van der Waals surface area contributed by atoms with Gasteiger partial charge in [-0.15, -0.1) is 0 Å². The average molecular weight is 212 g/mol. The molecule has 2 nitrogen and oxygen atoms in total. The average Bonchev–Trinajstić information content (AvgIpc) is 2.31. The summed E-state index contributed by atoms with van der Waals surface area (Å²) >= 11 is 0. The zero-order valence-corrected chi connectivity index (χ0v) is 9.66. The summed E-state index contributed by atoms with van der Waals surface area (Å²) in [5.41, 5.74) is 0. The Bertz CT molecular complexity index is 173.